The lowest BCUT2D eigenvalue weighted by Crippen LogP contribution is -2.24. The minimum Gasteiger partial charge on any atom is -0.454 e. The standard InChI is InChI=1S/C29H23BrClN5O3/c30-22-16-34-36-27(13-24(35-29(22)36)21-6-1-2-7-23(21)31)32-14-19-4-3-5-20(10-19)15-33-28(37)12-18-8-9-25-26(11-18)39-17-38-25/h1-11,13,16,32H,12,14-15,17H2,(H,33,37). The Morgan fingerprint density at radius 2 is 1.77 bits per heavy atom. The van der Waals surface area contributed by atoms with Crippen LogP contribution in [-0.2, 0) is 24.3 Å². The number of amides is 1. The fourth-order valence-electron chi connectivity index (χ4n) is 4.41. The van der Waals surface area contributed by atoms with E-state index in [0.717, 1.165) is 38.2 Å². The molecule has 196 valence electrons. The highest BCUT2D eigenvalue weighted by atomic mass is 79.9. The average molecular weight is 605 g/mol. The number of rotatable bonds is 8. The molecule has 1 amide bonds. The maximum Gasteiger partial charge on any atom is 0.231 e. The van der Waals surface area contributed by atoms with Crippen LogP contribution in [0.3, 0.4) is 0 Å². The van der Waals surface area contributed by atoms with Crippen LogP contribution < -0.4 is 20.1 Å². The van der Waals surface area contributed by atoms with Crippen molar-refractivity contribution >= 4 is 44.9 Å². The molecule has 1 aliphatic heterocycles. The Morgan fingerprint density at radius 3 is 2.64 bits per heavy atom. The average Bonchev–Trinajstić information content (AvgIpc) is 3.57. The molecule has 5 aromatic rings. The molecule has 0 saturated carbocycles. The molecule has 10 heteroatoms. The zero-order chi connectivity index (χ0) is 26.8. The molecule has 0 unspecified atom stereocenters. The topological polar surface area (TPSA) is 89.8 Å². The number of hydrogen-bond donors (Lipinski definition) is 2. The summed E-state index contributed by atoms with van der Waals surface area (Å²) in [6.07, 6.45) is 1.99. The molecular weight excluding hydrogens is 582 g/mol. The van der Waals surface area contributed by atoms with Crippen molar-refractivity contribution in [3.63, 3.8) is 0 Å². The lowest BCUT2D eigenvalue weighted by molar-refractivity contribution is -0.120. The Balaban J connectivity index is 1.13. The van der Waals surface area contributed by atoms with E-state index in [4.69, 9.17) is 26.1 Å². The predicted octanol–water partition coefficient (Wildman–Crippen LogP) is 6.01. The lowest BCUT2D eigenvalue weighted by Gasteiger charge is -2.12. The summed E-state index contributed by atoms with van der Waals surface area (Å²) in [6, 6.07) is 23.2. The van der Waals surface area contributed by atoms with Crippen LogP contribution in [0.15, 0.2) is 83.5 Å². The largest absolute Gasteiger partial charge is 0.454 e. The highest BCUT2D eigenvalue weighted by Gasteiger charge is 2.15. The number of ether oxygens (including phenoxy) is 2. The van der Waals surface area contributed by atoms with Crippen LogP contribution >= 0.6 is 27.5 Å². The van der Waals surface area contributed by atoms with Crippen molar-refractivity contribution in [2.75, 3.05) is 12.1 Å². The quantitative estimate of drug-likeness (QED) is 0.225. The summed E-state index contributed by atoms with van der Waals surface area (Å²) in [5, 5.41) is 11.6. The molecular formula is C29H23BrClN5O3. The van der Waals surface area contributed by atoms with E-state index >= 15 is 0 Å². The van der Waals surface area contributed by atoms with Gasteiger partial charge < -0.3 is 20.1 Å². The summed E-state index contributed by atoms with van der Waals surface area (Å²) in [7, 11) is 0. The summed E-state index contributed by atoms with van der Waals surface area (Å²) < 4.78 is 13.3. The van der Waals surface area contributed by atoms with Gasteiger partial charge in [0.05, 0.1) is 22.8 Å². The van der Waals surface area contributed by atoms with Crippen molar-refractivity contribution in [3.8, 4) is 22.8 Å². The fraction of sp³-hybridized carbons (Fsp3) is 0.138. The highest BCUT2D eigenvalue weighted by molar-refractivity contribution is 9.10. The molecule has 3 heterocycles. The van der Waals surface area contributed by atoms with Crippen LogP contribution in [0.4, 0.5) is 5.82 Å². The third kappa shape index (κ3) is 5.55. The summed E-state index contributed by atoms with van der Waals surface area (Å²) in [5.41, 5.74) is 5.22. The SMILES string of the molecule is O=C(Cc1ccc2c(c1)OCO2)NCc1cccc(CNc2cc(-c3ccccc3Cl)nc3c(Br)cnn23)c1. The van der Waals surface area contributed by atoms with Gasteiger partial charge in [-0.15, -0.1) is 0 Å². The van der Waals surface area contributed by atoms with E-state index in [-0.39, 0.29) is 19.1 Å². The molecule has 8 nitrogen and oxygen atoms in total. The first-order chi connectivity index (χ1) is 19.0. The molecule has 6 rings (SSSR count). The number of aromatic nitrogens is 3. The van der Waals surface area contributed by atoms with Crippen LogP contribution in [0, 0.1) is 0 Å². The number of fused-ring (bicyclic) bond motifs is 2. The summed E-state index contributed by atoms with van der Waals surface area (Å²) in [5.74, 6) is 2.10. The molecule has 0 fully saturated rings. The summed E-state index contributed by atoms with van der Waals surface area (Å²) >= 11 is 9.99. The number of carbonyl (C=O) groups is 1. The van der Waals surface area contributed by atoms with Gasteiger partial charge in [-0.3, -0.25) is 4.79 Å². The molecule has 1 aliphatic rings. The molecule has 0 radical (unpaired) electrons. The number of hydrogen-bond acceptors (Lipinski definition) is 6. The second-order valence-electron chi connectivity index (χ2n) is 9.05. The summed E-state index contributed by atoms with van der Waals surface area (Å²) in [6.45, 7) is 1.20. The number of anilines is 1. The lowest BCUT2D eigenvalue weighted by atomic mass is 10.1. The third-order valence-electron chi connectivity index (χ3n) is 6.33. The first kappa shape index (κ1) is 25.2. The van der Waals surface area contributed by atoms with Crippen LogP contribution in [0.2, 0.25) is 5.02 Å². The van der Waals surface area contributed by atoms with Crippen LogP contribution in [-0.4, -0.2) is 27.3 Å². The van der Waals surface area contributed by atoms with E-state index in [1.54, 1.807) is 10.7 Å². The second kappa shape index (κ2) is 11.0. The van der Waals surface area contributed by atoms with Crippen LogP contribution in [0.1, 0.15) is 16.7 Å². The van der Waals surface area contributed by atoms with Crippen molar-refractivity contribution in [1.29, 1.82) is 0 Å². The smallest absolute Gasteiger partial charge is 0.231 e. The summed E-state index contributed by atoms with van der Waals surface area (Å²) in [4.78, 5) is 17.3. The van der Waals surface area contributed by atoms with Gasteiger partial charge in [-0.1, -0.05) is 60.1 Å². The minimum absolute atomic E-state index is 0.0621. The molecule has 2 N–H and O–H groups in total. The number of nitrogens with zero attached hydrogens (tertiary/aromatic N) is 3. The molecule has 2 aromatic heterocycles. The van der Waals surface area contributed by atoms with E-state index in [1.165, 1.54) is 0 Å². The maximum atomic E-state index is 12.6. The Labute approximate surface area is 238 Å². The van der Waals surface area contributed by atoms with E-state index in [0.29, 0.717) is 35.3 Å². The van der Waals surface area contributed by atoms with Crippen molar-refractivity contribution in [3.05, 3.63) is 105 Å². The van der Waals surface area contributed by atoms with Crippen LogP contribution in [0.25, 0.3) is 16.9 Å². The van der Waals surface area contributed by atoms with Gasteiger partial charge in [-0.05, 0) is 50.8 Å². The molecule has 39 heavy (non-hydrogen) atoms. The van der Waals surface area contributed by atoms with Crippen molar-refractivity contribution < 1.29 is 14.3 Å². The van der Waals surface area contributed by atoms with Gasteiger partial charge in [-0.25, -0.2) is 4.98 Å². The molecule has 0 saturated heterocycles. The minimum atomic E-state index is -0.0621. The van der Waals surface area contributed by atoms with Gasteiger partial charge in [0.2, 0.25) is 12.7 Å². The molecule has 0 spiro atoms. The Morgan fingerprint density at radius 1 is 0.949 bits per heavy atom. The Kier molecular flexibility index (Phi) is 7.08. The maximum absolute atomic E-state index is 12.6. The monoisotopic (exact) mass is 603 g/mol. The van der Waals surface area contributed by atoms with Gasteiger partial charge in [-0.2, -0.15) is 9.61 Å². The van der Waals surface area contributed by atoms with E-state index < -0.39 is 0 Å². The zero-order valence-electron chi connectivity index (χ0n) is 20.7. The zero-order valence-corrected chi connectivity index (χ0v) is 23.0. The molecule has 0 aliphatic carbocycles. The van der Waals surface area contributed by atoms with Crippen molar-refractivity contribution in [2.24, 2.45) is 0 Å². The number of carbonyl (C=O) groups excluding carboxylic acids is 1. The van der Waals surface area contributed by atoms with Gasteiger partial charge in [0, 0.05) is 29.7 Å². The normalized spacial score (nSPS) is 12.1. The Hall–Kier alpha value is -4.08. The third-order valence-corrected chi connectivity index (χ3v) is 7.22. The molecule has 0 atom stereocenters. The number of benzene rings is 3. The van der Waals surface area contributed by atoms with Gasteiger partial charge in [0.25, 0.3) is 0 Å². The van der Waals surface area contributed by atoms with Gasteiger partial charge in [0.15, 0.2) is 17.1 Å². The predicted molar refractivity (Wildman–Crippen MR) is 153 cm³/mol. The van der Waals surface area contributed by atoms with E-state index in [1.807, 2.05) is 66.7 Å². The van der Waals surface area contributed by atoms with Gasteiger partial charge >= 0.3 is 0 Å². The molecule has 0 bridgehead atoms. The van der Waals surface area contributed by atoms with E-state index in [2.05, 4.69) is 37.7 Å². The second-order valence-corrected chi connectivity index (χ2v) is 10.3. The van der Waals surface area contributed by atoms with Crippen LogP contribution in [0.5, 0.6) is 11.5 Å². The van der Waals surface area contributed by atoms with E-state index in [9.17, 15) is 4.79 Å². The Bertz CT molecular complexity index is 1690. The first-order valence-corrected chi connectivity index (χ1v) is 13.5. The fourth-order valence-corrected chi connectivity index (χ4v) is 4.99. The van der Waals surface area contributed by atoms with Gasteiger partial charge in [0.1, 0.15) is 5.82 Å². The highest BCUT2D eigenvalue weighted by Crippen LogP contribution is 2.33. The van der Waals surface area contributed by atoms with Crippen molar-refractivity contribution in [1.82, 2.24) is 19.9 Å². The number of halogens is 2. The molecule has 3 aromatic carbocycles. The first-order valence-electron chi connectivity index (χ1n) is 12.3. The van der Waals surface area contributed by atoms with Crippen molar-refractivity contribution in [2.45, 2.75) is 19.5 Å². The number of nitrogens with one attached hydrogen (secondary N) is 2.